The molecule has 1 aliphatic rings. The fraction of sp³-hybridized carbons (Fsp3) is 0.308. The van der Waals surface area contributed by atoms with E-state index in [1.54, 1.807) is 20.8 Å². The van der Waals surface area contributed by atoms with Crippen molar-refractivity contribution in [3.05, 3.63) is 70.7 Å². The summed E-state index contributed by atoms with van der Waals surface area (Å²) in [7, 11) is 0. The molecule has 0 radical (unpaired) electrons. The summed E-state index contributed by atoms with van der Waals surface area (Å²) >= 11 is 0.993. The molecule has 182 valence electrons. The van der Waals surface area contributed by atoms with Gasteiger partial charge in [-0.3, -0.25) is 14.9 Å². The van der Waals surface area contributed by atoms with Gasteiger partial charge in [0.05, 0.1) is 12.1 Å². The number of carbonyl (C=O) groups excluding carboxylic acids is 2. The second-order valence-electron chi connectivity index (χ2n) is 8.85. The van der Waals surface area contributed by atoms with Gasteiger partial charge in [0, 0.05) is 12.0 Å². The Kier molecular flexibility index (Phi) is 7.16. The van der Waals surface area contributed by atoms with Crippen molar-refractivity contribution in [2.75, 3.05) is 11.9 Å². The lowest BCUT2D eigenvalue weighted by molar-refractivity contribution is -0.144. The lowest BCUT2D eigenvalue weighted by Gasteiger charge is -2.24. The summed E-state index contributed by atoms with van der Waals surface area (Å²) in [5.74, 6) is -2.33. The zero-order valence-corrected chi connectivity index (χ0v) is 20.5. The zero-order chi connectivity index (χ0) is 25.1. The Morgan fingerprint density at radius 1 is 1.03 bits per heavy atom. The van der Waals surface area contributed by atoms with Crippen LogP contribution in [-0.2, 0) is 9.53 Å². The fourth-order valence-corrected chi connectivity index (χ4v) is 5.31. The number of hydrogen-bond acceptors (Lipinski definition) is 6. The highest BCUT2D eigenvalue weighted by molar-refractivity contribution is 7.17. The van der Waals surface area contributed by atoms with Crippen LogP contribution in [0.1, 0.15) is 47.5 Å². The summed E-state index contributed by atoms with van der Waals surface area (Å²) in [4.78, 5) is 40.9. The topological polar surface area (TPSA) is 118 Å². The van der Waals surface area contributed by atoms with Gasteiger partial charge in [-0.1, -0.05) is 73.7 Å². The van der Waals surface area contributed by atoms with Crippen molar-refractivity contribution in [1.29, 1.82) is 0 Å². The molecule has 1 heterocycles. The molecule has 3 aromatic rings. The number of benzene rings is 2. The number of amides is 2. The number of carboxylic acid groups (broad SMARTS) is 1. The Morgan fingerprint density at radius 3 is 2.20 bits per heavy atom. The van der Waals surface area contributed by atoms with E-state index < -0.39 is 29.9 Å². The van der Waals surface area contributed by atoms with Gasteiger partial charge in [-0.05, 0) is 35.1 Å². The standard InChI is InChI=1S/C26H27N3O5S/c1-14(2)22(24(31)32)15(3)28-23(30)21-12-27-25(35-21)29-26(33)34-13-20-18-10-6-4-8-16(18)17-9-5-7-11-19(17)20/h4-12,14-15,20,22H,13H2,1-3H3,(H,28,30)(H,31,32)(H,27,29,33). The molecule has 1 aromatic heterocycles. The predicted octanol–water partition coefficient (Wildman–Crippen LogP) is 4.98. The number of anilines is 1. The lowest BCUT2D eigenvalue weighted by atomic mass is 9.89. The Bertz CT molecular complexity index is 1210. The molecule has 2 amide bonds. The molecule has 2 atom stereocenters. The van der Waals surface area contributed by atoms with Gasteiger partial charge < -0.3 is 15.2 Å². The predicted molar refractivity (Wildman–Crippen MR) is 134 cm³/mol. The van der Waals surface area contributed by atoms with Gasteiger partial charge in [-0.25, -0.2) is 9.78 Å². The average molecular weight is 494 g/mol. The molecule has 4 rings (SSSR count). The van der Waals surface area contributed by atoms with Crippen LogP contribution in [-0.4, -0.2) is 40.7 Å². The maximum Gasteiger partial charge on any atom is 0.413 e. The molecule has 0 saturated heterocycles. The summed E-state index contributed by atoms with van der Waals surface area (Å²) in [6.45, 7) is 5.42. The van der Waals surface area contributed by atoms with Crippen LogP contribution in [0.25, 0.3) is 11.1 Å². The van der Waals surface area contributed by atoms with Gasteiger partial charge in [0.2, 0.25) is 0 Å². The minimum absolute atomic E-state index is 0.0598. The molecule has 0 aliphatic heterocycles. The number of carbonyl (C=O) groups is 3. The molecule has 8 nitrogen and oxygen atoms in total. The second-order valence-corrected chi connectivity index (χ2v) is 9.88. The number of fused-ring (bicyclic) bond motifs is 3. The summed E-state index contributed by atoms with van der Waals surface area (Å²) in [5.41, 5.74) is 4.52. The number of aliphatic carboxylic acids is 1. The van der Waals surface area contributed by atoms with Crippen LogP contribution in [0.4, 0.5) is 9.93 Å². The van der Waals surface area contributed by atoms with Crippen LogP contribution in [0.15, 0.2) is 54.7 Å². The molecule has 3 N–H and O–H groups in total. The summed E-state index contributed by atoms with van der Waals surface area (Å²) in [5, 5.41) is 14.9. The lowest BCUT2D eigenvalue weighted by Crippen LogP contribution is -2.43. The van der Waals surface area contributed by atoms with Crippen molar-refractivity contribution in [2.45, 2.75) is 32.7 Å². The van der Waals surface area contributed by atoms with Crippen molar-refractivity contribution in [3.8, 4) is 11.1 Å². The van der Waals surface area contributed by atoms with Crippen molar-refractivity contribution in [3.63, 3.8) is 0 Å². The Morgan fingerprint density at radius 2 is 1.63 bits per heavy atom. The summed E-state index contributed by atoms with van der Waals surface area (Å²) in [6, 6.07) is 15.6. The molecule has 0 spiro atoms. The van der Waals surface area contributed by atoms with Crippen molar-refractivity contribution in [2.24, 2.45) is 11.8 Å². The first-order chi connectivity index (χ1) is 16.8. The molecule has 0 saturated carbocycles. The van der Waals surface area contributed by atoms with E-state index in [0.29, 0.717) is 0 Å². The Balaban J connectivity index is 1.35. The number of thiazole rings is 1. The van der Waals surface area contributed by atoms with Gasteiger partial charge >= 0.3 is 12.1 Å². The largest absolute Gasteiger partial charge is 0.481 e. The SMILES string of the molecule is CC(C)C(C(=O)O)C(C)NC(=O)c1cnc(NC(=O)OCC2c3ccccc3-c3ccccc32)s1. The smallest absolute Gasteiger partial charge is 0.413 e. The molecule has 0 bridgehead atoms. The van der Waals surface area contributed by atoms with E-state index in [-0.39, 0.29) is 28.5 Å². The molecular formula is C26H27N3O5S. The first-order valence-electron chi connectivity index (χ1n) is 11.4. The molecule has 35 heavy (non-hydrogen) atoms. The van der Waals surface area contributed by atoms with E-state index >= 15 is 0 Å². The second kappa shape index (κ2) is 10.3. The minimum atomic E-state index is -0.963. The highest BCUT2D eigenvalue weighted by Gasteiger charge is 2.30. The number of hydrogen-bond donors (Lipinski definition) is 3. The number of nitrogens with one attached hydrogen (secondary N) is 2. The van der Waals surface area contributed by atoms with Crippen LogP contribution in [0.5, 0.6) is 0 Å². The number of carboxylic acids is 1. The summed E-state index contributed by atoms with van der Waals surface area (Å²) < 4.78 is 5.51. The maximum absolute atomic E-state index is 12.6. The van der Waals surface area contributed by atoms with Crippen LogP contribution < -0.4 is 10.6 Å². The summed E-state index contributed by atoms with van der Waals surface area (Å²) in [6.07, 6.45) is 0.684. The molecule has 2 unspecified atom stereocenters. The van der Waals surface area contributed by atoms with Gasteiger partial charge in [-0.15, -0.1) is 0 Å². The monoisotopic (exact) mass is 493 g/mol. The highest BCUT2D eigenvalue weighted by Crippen LogP contribution is 2.44. The van der Waals surface area contributed by atoms with Gasteiger partial charge in [0.1, 0.15) is 11.5 Å². The van der Waals surface area contributed by atoms with E-state index in [0.717, 1.165) is 33.6 Å². The fourth-order valence-electron chi connectivity index (χ4n) is 4.60. The molecular weight excluding hydrogens is 466 g/mol. The normalized spacial score (nSPS) is 14.1. The van der Waals surface area contributed by atoms with Gasteiger partial charge in [-0.2, -0.15) is 0 Å². The van der Waals surface area contributed by atoms with Crippen molar-refractivity contribution >= 4 is 34.4 Å². The number of aromatic nitrogens is 1. The first kappa shape index (κ1) is 24.4. The third-order valence-electron chi connectivity index (χ3n) is 6.18. The third kappa shape index (κ3) is 5.19. The van der Waals surface area contributed by atoms with Crippen LogP contribution in [0.2, 0.25) is 0 Å². The average Bonchev–Trinajstić information content (AvgIpc) is 3.40. The Labute approximate surface area is 207 Å². The number of nitrogens with zero attached hydrogens (tertiary/aromatic N) is 1. The molecule has 1 aliphatic carbocycles. The quantitative estimate of drug-likeness (QED) is 0.407. The highest BCUT2D eigenvalue weighted by atomic mass is 32.1. The van der Waals surface area contributed by atoms with Crippen LogP contribution >= 0.6 is 11.3 Å². The van der Waals surface area contributed by atoms with Gasteiger partial charge in [0.15, 0.2) is 5.13 Å². The molecule has 0 fully saturated rings. The number of rotatable bonds is 8. The zero-order valence-electron chi connectivity index (χ0n) is 19.6. The van der Waals surface area contributed by atoms with E-state index in [1.807, 2.05) is 36.4 Å². The van der Waals surface area contributed by atoms with E-state index in [1.165, 1.54) is 6.20 Å². The third-order valence-corrected chi connectivity index (χ3v) is 7.09. The minimum Gasteiger partial charge on any atom is -0.481 e. The van der Waals surface area contributed by atoms with Crippen molar-refractivity contribution in [1.82, 2.24) is 10.3 Å². The maximum atomic E-state index is 12.6. The van der Waals surface area contributed by atoms with Gasteiger partial charge in [0.25, 0.3) is 5.91 Å². The van der Waals surface area contributed by atoms with E-state index in [2.05, 4.69) is 27.8 Å². The van der Waals surface area contributed by atoms with Crippen molar-refractivity contribution < 1.29 is 24.2 Å². The molecule has 9 heteroatoms. The van der Waals surface area contributed by atoms with Crippen LogP contribution in [0.3, 0.4) is 0 Å². The number of ether oxygens (including phenoxy) is 1. The first-order valence-corrected chi connectivity index (χ1v) is 12.2. The van der Waals surface area contributed by atoms with E-state index in [4.69, 9.17) is 4.74 Å². The molecule has 2 aromatic carbocycles. The van der Waals surface area contributed by atoms with E-state index in [9.17, 15) is 19.5 Å². The Hall–Kier alpha value is -3.72. The van der Waals surface area contributed by atoms with Crippen LogP contribution in [0, 0.1) is 11.8 Å².